The van der Waals surface area contributed by atoms with Crippen LogP contribution >= 0.6 is 0 Å². The van der Waals surface area contributed by atoms with Crippen LogP contribution in [0, 0.1) is 5.92 Å². The fourth-order valence-corrected chi connectivity index (χ4v) is 4.95. The van der Waals surface area contributed by atoms with Crippen LogP contribution < -0.4 is 19.5 Å². The molecule has 174 valence electrons. The quantitative estimate of drug-likeness (QED) is 0.557. The van der Waals surface area contributed by atoms with Crippen molar-refractivity contribution in [2.45, 2.75) is 49.8 Å². The molecular weight excluding hydrogens is 428 g/mol. The van der Waals surface area contributed by atoms with Crippen LogP contribution in [0.4, 0.5) is 5.69 Å². The van der Waals surface area contributed by atoms with Crippen LogP contribution in [-0.2, 0) is 20.2 Å². The highest BCUT2D eigenvalue weighted by Crippen LogP contribution is 2.44. The lowest BCUT2D eigenvalue weighted by Gasteiger charge is -2.41. The van der Waals surface area contributed by atoms with E-state index in [-0.39, 0.29) is 10.8 Å². The molecule has 1 saturated carbocycles. The Hall–Kier alpha value is -2.74. The Morgan fingerprint density at radius 2 is 1.69 bits per heavy atom. The van der Waals surface area contributed by atoms with Gasteiger partial charge in [-0.2, -0.15) is 0 Å². The van der Waals surface area contributed by atoms with Crippen LogP contribution in [0.3, 0.4) is 0 Å². The van der Waals surface area contributed by atoms with E-state index < -0.39 is 15.4 Å². The van der Waals surface area contributed by atoms with E-state index in [0.717, 1.165) is 31.2 Å². The Bertz CT molecular complexity index is 1040. The van der Waals surface area contributed by atoms with Gasteiger partial charge in [-0.1, -0.05) is 32.4 Å². The topological polar surface area (TPSA) is 93.7 Å². The molecule has 0 radical (unpaired) electrons. The van der Waals surface area contributed by atoms with Gasteiger partial charge in [0.15, 0.2) is 11.5 Å². The first kappa shape index (κ1) is 23.9. The number of anilines is 1. The Balaban J connectivity index is 1.74. The number of methoxy groups -OCH3 is 2. The zero-order chi connectivity index (χ0) is 23.4. The summed E-state index contributed by atoms with van der Waals surface area (Å²) in [5, 5.41) is 3.08. The molecule has 0 aromatic heterocycles. The number of rotatable bonds is 10. The van der Waals surface area contributed by atoms with E-state index in [2.05, 4.69) is 23.9 Å². The van der Waals surface area contributed by atoms with Gasteiger partial charge in [0, 0.05) is 18.3 Å². The third kappa shape index (κ3) is 5.01. The number of amides is 1. The molecule has 0 aliphatic heterocycles. The van der Waals surface area contributed by atoms with Gasteiger partial charge in [0.25, 0.3) is 10.0 Å². The van der Waals surface area contributed by atoms with Crippen LogP contribution in [0.25, 0.3) is 0 Å². The number of hydrogen-bond donors (Lipinski definition) is 2. The van der Waals surface area contributed by atoms with Crippen molar-refractivity contribution in [2.24, 2.45) is 5.92 Å². The van der Waals surface area contributed by atoms with Gasteiger partial charge >= 0.3 is 0 Å². The van der Waals surface area contributed by atoms with E-state index in [4.69, 9.17) is 9.47 Å². The van der Waals surface area contributed by atoms with Gasteiger partial charge in [0.2, 0.25) is 5.91 Å². The second-order valence-electron chi connectivity index (χ2n) is 8.57. The van der Waals surface area contributed by atoms with Crippen molar-refractivity contribution in [3.05, 3.63) is 48.0 Å². The van der Waals surface area contributed by atoms with Crippen LogP contribution in [0.15, 0.2) is 47.4 Å². The third-order valence-electron chi connectivity index (χ3n) is 6.00. The number of nitrogens with one attached hydrogen (secondary N) is 2. The van der Waals surface area contributed by atoms with E-state index in [1.54, 1.807) is 18.2 Å². The standard InChI is InChI=1S/C24H32N2O5S/c1-17(2)12-15-25-23(27)24(13-5-14-24)18-6-8-19(9-7-18)26-32(28,29)20-10-11-21(30-3)22(16-20)31-4/h6-11,16-17,26H,5,12-15H2,1-4H3,(H,25,27). The molecule has 7 nitrogen and oxygen atoms in total. The van der Waals surface area contributed by atoms with Gasteiger partial charge in [-0.25, -0.2) is 8.42 Å². The van der Waals surface area contributed by atoms with Crippen LogP contribution in [0.1, 0.15) is 45.1 Å². The lowest BCUT2D eigenvalue weighted by atomic mass is 9.63. The highest BCUT2D eigenvalue weighted by molar-refractivity contribution is 7.92. The molecule has 0 saturated heterocycles. The molecule has 1 aliphatic carbocycles. The van der Waals surface area contributed by atoms with Gasteiger partial charge in [-0.05, 0) is 55.0 Å². The van der Waals surface area contributed by atoms with E-state index >= 15 is 0 Å². The van der Waals surface area contributed by atoms with E-state index in [1.807, 2.05) is 12.1 Å². The number of carbonyl (C=O) groups excluding carboxylic acids is 1. The van der Waals surface area contributed by atoms with Crippen molar-refractivity contribution >= 4 is 21.6 Å². The molecule has 1 aliphatic rings. The maximum atomic E-state index is 12.9. The van der Waals surface area contributed by atoms with E-state index in [1.165, 1.54) is 26.4 Å². The summed E-state index contributed by atoms with van der Waals surface area (Å²) in [5.74, 6) is 1.38. The molecule has 0 unspecified atom stereocenters. The largest absolute Gasteiger partial charge is 0.493 e. The molecule has 0 spiro atoms. The highest BCUT2D eigenvalue weighted by Gasteiger charge is 2.45. The smallest absolute Gasteiger partial charge is 0.262 e. The van der Waals surface area contributed by atoms with Crippen molar-refractivity contribution < 1.29 is 22.7 Å². The average Bonchev–Trinajstić information content (AvgIpc) is 2.73. The van der Waals surface area contributed by atoms with Crippen LogP contribution in [0.2, 0.25) is 0 Å². The average molecular weight is 461 g/mol. The highest BCUT2D eigenvalue weighted by atomic mass is 32.2. The Kier molecular flexibility index (Phi) is 7.33. The fraction of sp³-hybridized carbons (Fsp3) is 0.458. The predicted molar refractivity (Wildman–Crippen MR) is 125 cm³/mol. The summed E-state index contributed by atoms with van der Waals surface area (Å²) in [6.07, 6.45) is 3.55. The molecule has 0 atom stereocenters. The predicted octanol–water partition coefficient (Wildman–Crippen LogP) is 4.09. The van der Waals surface area contributed by atoms with Crippen molar-refractivity contribution in [3.8, 4) is 11.5 Å². The number of hydrogen-bond acceptors (Lipinski definition) is 5. The summed E-state index contributed by atoms with van der Waals surface area (Å²) in [6.45, 7) is 4.93. The lowest BCUT2D eigenvalue weighted by Crippen LogP contribution is -2.49. The normalized spacial score (nSPS) is 15.0. The monoisotopic (exact) mass is 460 g/mol. The van der Waals surface area contributed by atoms with E-state index in [0.29, 0.717) is 29.6 Å². The molecule has 2 N–H and O–H groups in total. The first-order valence-corrected chi connectivity index (χ1v) is 12.3. The summed E-state index contributed by atoms with van der Waals surface area (Å²) in [4.78, 5) is 13.0. The molecule has 2 aromatic carbocycles. The Morgan fingerprint density at radius 1 is 1.03 bits per heavy atom. The number of benzene rings is 2. The first-order valence-electron chi connectivity index (χ1n) is 10.9. The van der Waals surface area contributed by atoms with Crippen molar-refractivity contribution in [1.82, 2.24) is 5.32 Å². The maximum Gasteiger partial charge on any atom is 0.262 e. The van der Waals surface area contributed by atoms with Gasteiger partial charge in [0.1, 0.15) is 0 Å². The van der Waals surface area contributed by atoms with Gasteiger partial charge in [0.05, 0.1) is 24.5 Å². The lowest BCUT2D eigenvalue weighted by molar-refractivity contribution is -0.129. The van der Waals surface area contributed by atoms with Crippen LogP contribution in [-0.4, -0.2) is 35.1 Å². The number of carbonyl (C=O) groups is 1. The first-order chi connectivity index (χ1) is 15.2. The molecule has 0 heterocycles. The summed E-state index contributed by atoms with van der Waals surface area (Å²) >= 11 is 0. The molecule has 1 amide bonds. The second-order valence-corrected chi connectivity index (χ2v) is 10.3. The fourth-order valence-electron chi connectivity index (χ4n) is 3.88. The minimum absolute atomic E-state index is 0.0584. The molecule has 3 rings (SSSR count). The molecule has 1 fully saturated rings. The molecule has 32 heavy (non-hydrogen) atoms. The van der Waals surface area contributed by atoms with Gasteiger partial charge < -0.3 is 14.8 Å². The summed E-state index contributed by atoms with van der Waals surface area (Å²) in [7, 11) is -0.867. The summed E-state index contributed by atoms with van der Waals surface area (Å²) in [5.41, 5.74) is 0.829. The van der Waals surface area contributed by atoms with Crippen molar-refractivity contribution in [3.63, 3.8) is 0 Å². The third-order valence-corrected chi connectivity index (χ3v) is 7.38. The molecule has 0 bridgehead atoms. The van der Waals surface area contributed by atoms with Crippen molar-refractivity contribution in [1.29, 1.82) is 0 Å². The number of ether oxygens (including phenoxy) is 2. The second kappa shape index (κ2) is 9.81. The molecule has 8 heteroatoms. The minimum Gasteiger partial charge on any atom is -0.493 e. The van der Waals surface area contributed by atoms with Crippen molar-refractivity contribution in [2.75, 3.05) is 25.5 Å². The zero-order valence-corrected chi connectivity index (χ0v) is 19.9. The Labute approximate surface area is 190 Å². The minimum atomic E-state index is -3.81. The van der Waals surface area contributed by atoms with Crippen LogP contribution in [0.5, 0.6) is 11.5 Å². The summed E-state index contributed by atoms with van der Waals surface area (Å²) < 4.78 is 38.6. The Morgan fingerprint density at radius 3 is 2.22 bits per heavy atom. The van der Waals surface area contributed by atoms with Gasteiger partial charge in [-0.15, -0.1) is 0 Å². The summed E-state index contributed by atoms with van der Waals surface area (Å²) in [6, 6.07) is 11.5. The van der Waals surface area contributed by atoms with E-state index in [9.17, 15) is 13.2 Å². The SMILES string of the molecule is COc1ccc(S(=O)(=O)Nc2ccc(C3(C(=O)NCCC(C)C)CCC3)cc2)cc1OC. The zero-order valence-electron chi connectivity index (χ0n) is 19.1. The molecular formula is C24H32N2O5S. The van der Waals surface area contributed by atoms with Gasteiger partial charge in [-0.3, -0.25) is 9.52 Å². The maximum absolute atomic E-state index is 12.9. The number of sulfonamides is 1. The molecule has 2 aromatic rings.